The molecule has 0 saturated carbocycles. The molecule has 0 fully saturated rings. The lowest BCUT2D eigenvalue weighted by Gasteiger charge is -2.11. The summed E-state index contributed by atoms with van der Waals surface area (Å²) in [5.41, 5.74) is 7.22. The van der Waals surface area contributed by atoms with Gasteiger partial charge in [0.05, 0.1) is 0 Å². The van der Waals surface area contributed by atoms with E-state index in [2.05, 4.69) is 4.89 Å². The van der Waals surface area contributed by atoms with Crippen LogP contribution in [0.25, 0.3) is 6.08 Å². The summed E-state index contributed by atoms with van der Waals surface area (Å²) in [6.07, 6.45) is 3.26. The zero-order chi connectivity index (χ0) is 9.26. The zero-order valence-corrected chi connectivity index (χ0v) is 7.51. The van der Waals surface area contributed by atoms with Crippen molar-refractivity contribution < 1.29 is 9.78 Å². The summed E-state index contributed by atoms with van der Waals surface area (Å²) >= 11 is 4.85. The summed E-state index contributed by atoms with van der Waals surface area (Å²) in [5, 5.41) is 0. The van der Waals surface area contributed by atoms with E-state index >= 15 is 0 Å². The topological polar surface area (TPSA) is 44.5 Å². The molecule has 1 heterocycles. The Balaban J connectivity index is 2.48. The van der Waals surface area contributed by atoms with Crippen molar-refractivity contribution in [3.8, 4) is 5.75 Å². The third-order valence-electron chi connectivity index (χ3n) is 1.74. The van der Waals surface area contributed by atoms with E-state index in [-0.39, 0.29) is 0 Å². The van der Waals surface area contributed by atoms with Gasteiger partial charge in [0.1, 0.15) is 11.3 Å². The van der Waals surface area contributed by atoms with Crippen molar-refractivity contribution >= 4 is 23.3 Å². The van der Waals surface area contributed by atoms with Crippen molar-refractivity contribution in [2.75, 3.05) is 0 Å². The van der Waals surface area contributed by atoms with E-state index in [4.69, 9.17) is 22.8 Å². The van der Waals surface area contributed by atoms with E-state index < -0.39 is 0 Å². The Morgan fingerprint density at radius 3 is 3.00 bits per heavy atom. The van der Waals surface area contributed by atoms with Crippen LogP contribution < -0.4 is 10.6 Å². The van der Waals surface area contributed by atoms with Crippen molar-refractivity contribution in [3.05, 3.63) is 35.6 Å². The quantitative estimate of drug-likeness (QED) is 0.543. The van der Waals surface area contributed by atoms with Crippen LogP contribution in [0.3, 0.4) is 0 Å². The van der Waals surface area contributed by atoms with Gasteiger partial charge in [-0.2, -0.15) is 0 Å². The lowest BCUT2D eigenvalue weighted by molar-refractivity contribution is -0.151. The number of hydrogen-bond donors (Lipinski definition) is 1. The molecule has 2 N–H and O–H groups in total. The van der Waals surface area contributed by atoms with E-state index in [1.54, 1.807) is 18.2 Å². The minimum absolute atomic E-state index is 0.377. The molecule has 1 aliphatic rings. The average Bonchev–Trinajstić information content (AvgIpc) is 2.17. The monoisotopic (exact) mass is 193 g/mol. The molecule has 1 aliphatic heterocycles. The van der Waals surface area contributed by atoms with E-state index in [1.807, 2.05) is 6.07 Å². The van der Waals surface area contributed by atoms with Gasteiger partial charge in [-0.15, -0.1) is 0 Å². The van der Waals surface area contributed by atoms with Gasteiger partial charge in [0.15, 0.2) is 5.75 Å². The van der Waals surface area contributed by atoms with Crippen LogP contribution >= 0.6 is 12.2 Å². The summed E-state index contributed by atoms with van der Waals surface area (Å²) < 4.78 is 0. The normalized spacial score (nSPS) is 12.6. The fourth-order valence-electron chi connectivity index (χ4n) is 1.09. The predicted octanol–water partition coefficient (Wildman–Crippen LogP) is 1.62. The molecule has 0 atom stereocenters. The lowest BCUT2D eigenvalue weighted by atomic mass is 10.1. The number of nitrogens with two attached hydrogens (primary N) is 1. The molecule has 0 aromatic heterocycles. The molecule has 0 bridgehead atoms. The van der Waals surface area contributed by atoms with Gasteiger partial charge >= 0.3 is 0 Å². The fraction of sp³-hybridized carbons (Fsp3) is 0. The standard InChI is InChI=1S/C9H7NO2S/c10-9(13)7-1-2-8-6(5-7)3-4-11-12-8/h1-5H,(H2,10,13). The maximum atomic E-state index is 5.48. The van der Waals surface area contributed by atoms with Crippen LogP contribution in [0.1, 0.15) is 11.1 Å². The van der Waals surface area contributed by atoms with E-state index in [1.165, 1.54) is 6.26 Å². The maximum Gasteiger partial charge on any atom is 0.185 e. The van der Waals surface area contributed by atoms with Crippen molar-refractivity contribution in [2.45, 2.75) is 0 Å². The second-order valence-electron chi connectivity index (χ2n) is 2.60. The van der Waals surface area contributed by atoms with Crippen LogP contribution in [0.2, 0.25) is 0 Å². The molecule has 13 heavy (non-hydrogen) atoms. The average molecular weight is 193 g/mol. The maximum absolute atomic E-state index is 5.48. The molecule has 0 spiro atoms. The molecular weight excluding hydrogens is 186 g/mol. The Bertz CT molecular complexity index is 387. The van der Waals surface area contributed by atoms with E-state index in [0.717, 1.165) is 11.1 Å². The molecular formula is C9H7NO2S. The number of thiocarbonyl (C=S) groups is 1. The van der Waals surface area contributed by atoms with Crippen LogP contribution in [0.4, 0.5) is 0 Å². The van der Waals surface area contributed by atoms with Gasteiger partial charge < -0.3 is 5.73 Å². The second kappa shape index (κ2) is 3.06. The van der Waals surface area contributed by atoms with Gasteiger partial charge in [-0.1, -0.05) is 12.2 Å². The highest BCUT2D eigenvalue weighted by Gasteiger charge is 2.08. The highest BCUT2D eigenvalue weighted by molar-refractivity contribution is 7.80. The van der Waals surface area contributed by atoms with Gasteiger partial charge in [-0.25, -0.2) is 0 Å². The van der Waals surface area contributed by atoms with Crippen molar-refractivity contribution in [1.82, 2.24) is 0 Å². The molecule has 0 amide bonds. The Morgan fingerprint density at radius 2 is 2.23 bits per heavy atom. The summed E-state index contributed by atoms with van der Waals surface area (Å²) in [6, 6.07) is 5.42. The van der Waals surface area contributed by atoms with Crippen LogP contribution in [0, 0.1) is 0 Å². The molecule has 66 valence electrons. The number of fused-ring (bicyclic) bond motifs is 1. The second-order valence-corrected chi connectivity index (χ2v) is 3.04. The molecule has 3 nitrogen and oxygen atoms in total. The van der Waals surface area contributed by atoms with Gasteiger partial charge in [0.2, 0.25) is 0 Å². The molecule has 0 unspecified atom stereocenters. The largest absolute Gasteiger partial charge is 0.389 e. The molecule has 0 aliphatic carbocycles. The summed E-state index contributed by atoms with van der Waals surface area (Å²) in [7, 11) is 0. The summed E-state index contributed by atoms with van der Waals surface area (Å²) in [6.45, 7) is 0. The van der Waals surface area contributed by atoms with E-state index in [9.17, 15) is 0 Å². The van der Waals surface area contributed by atoms with E-state index in [0.29, 0.717) is 10.7 Å². The van der Waals surface area contributed by atoms with Crippen LogP contribution in [-0.2, 0) is 4.89 Å². The minimum atomic E-state index is 0.377. The lowest BCUT2D eigenvalue weighted by Crippen LogP contribution is -2.10. The van der Waals surface area contributed by atoms with Crippen LogP contribution in [-0.4, -0.2) is 4.99 Å². The molecule has 1 aromatic rings. The van der Waals surface area contributed by atoms with Crippen molar-refractivity contribution in [3.63, 3.8) is 0 Å². The van der Waals surface area contributed by atoms with Crippen molar-refractivity contribution in [1.29, 1.82) is 0 Å². The Morgan fingerprint density at radius 1 is 1.38 bits per heavy atom. The minimum Gasteiger partial charge on any atom is -0.389 e. The van der Waals surface area contributed by atoms with Gasteiger partial charge in [0, 0.05) is 11.1 Å². The number of hydrogen-bond acceptors (Lipinski definition) is 3. The van der Waals surface area contributed by atoms with Crippen LogP contribution in [0.15, 0.2) is 24.5 Å². The highest BCUT2D eigenvalue weighted by atomic mass is 32.1. The Hall–Kier alpha value is -1.55. The molecule has 1 aromatic carbocycles. The number of benzene rings is 1. The van der Waals surface area contributed by atoms with Gasteiger partial charge in [0.25, 0.3) is 0 Å². The molecule has 2 rings (SSSR count). The first kappa shape index (κ1) is 8.07. The Labute approximate surface area is 80.7 Å². The highest BCUT2D eigenvalue weighted by Crippen LogP contribution is 2.24. The SMILES string of the molecule is NC(=S)c1ccc2c(c1)C=COO2. The molecule has 4 heteroatoms. The first-order chi connectivity index (χ1) is 6.27. The van der Waals surface area contributed by atoms with Gasteiger partial charge in [-0.05, 0) is 24.3 Å². The Kier molecular flexibility index (Phi) is 1.90. The summed E-state index contributed by atoms with van der Waals surface area (Å²) in [4.78, 5) is 9.92. The number of rotatable bonds is 1. The zero-order valence-electron chi connectivity index (χ0n) is 6.69. The first-order valence-corrected chi connectivity index (χ1v) is 4.12. The predicted molar refractivity (Wildman–Crippen MR) is 53.1 cm³/mol. The third kappa shape index (κ3) is 1.48. The molecule has 0 saturated heterocycles. The third-order valence-corrected chi connectivity index (χ3v) is 1.97. The first-order valence-electron chi connectivity index (χ1n) is 3.71. The fourth-order valence-corrected chi connectivity index (χ4v) is 1.22. The van der Waals surface area contributed by atoms with Gasteiger partial charge in [-0.3, -0.25) is 9.78 Å². The molecule has 0 radical (unpaired) electrons. The van der Waals surface area contributed by atoms with Crippen LogP contribution in [0.5, 0.6) is 5.75 Å². The summed E-state index contributed by atoms with van der Waals surface area (Å²) in [5.74, 6) is 0.669. The smallest absolute Gasteiger partial charge is 0.185 e. The van der Waals surface area contributed by atoms with Crippen molar-refractivity contribution in [2.24, 2.45) is 5.73 Å².